The molecule has 0 bridgehead atoms. The van der Waals surface area contributed by atoms with Crippen molar-refractivity contribution >= 4 is 11.8 Å². The van der Waals surface area contributed by atoms with Gasteiger partial charge in [0.2, 0.25) is 0 Å². The van der Waals surface area contributed by atoms with Crippen molar-refractivity contribution in [2.45, 2.75) is 37.8 Å². The number of hydrogen-bond donors (Lipinski definition) is 1. The van der Waals surface area contributed by atoms with E-state index in [1.165, 1.54) is 24.2 Å². The molecule has 2 atom stereocenters. The number of hydrogen-bond acceptors (Lipinski definition) is 4. The van der Waals surface area contributed by atoms with Gasteiger partial charge in [0.15, 0.2) is 11.5 Å². The Bertz CT molecular complexity index is 440. The zero-order valence-corrected chi connectivity index (χ0v) is 12.9. The third-order valence-electron chi connectivity index (χ3n) is 4.05. The molecule has 2 fully saturated rings. The molecule has 20 heavy (non-hydrogen) atoms. The van der Waals surface area contributed by atoms with E-state index in [1.807, 2.05) is 17.8 Å². The highest BCUT2D eigenvalue weighted by atomic mass is 32.2. The first-order valence-electron chi connectivity index (χ1n) is 7.50. The van der Waals surface area contributed by atoms with E-state index in [2.05, 4.69) is 17.4 Å². The summed E-state index contributed by atoms with van der Waals surface area (Å²) in [6.45, 7) is 1.16. The molecular weight excluding hydrogens is 270 g/mol. The topological polar surface area (TPSA) is 30.5 Å². The number of methoxy groups -OCH3 is 1. The summed E-state index contributed by atoms with van der Waals surface area (Å²) < 4.78 is 11.6. The van der Waals surface area contributed by atoms with Crippen molar-refractivity contribution in [1.29, 1.82) is 0 Å². The number of benzene rings is 1. The summed E-state index contributed by atoms with van der Waals surface area (Å²) in [6, 6.07) is 7.00. The minimum atomic E-state index is 0.341. The van der Waals surface area contributed by atoms with Gasteiger partial charge in [0.05, 0.1) is 7.11 Å². The monoisotopic (exact) mass is 293 g/mol. The Labute approximate surface area is 125 Å². The molecule has 1 aromatic carbocycles. The van der Waals surface area contributed by atoms with E-state index in [9.17, 15) is 0 Å². The Balaban J connectivity index is 1.71. The smallest absolute Gasteiger partial charge is 0.161 e. The van der Waals surface area contributed by atoms with E-state index in [1.54, 1.807) is 7.11 Å². The molecule has 0 aliphatic carbocycles. The van der Waals surface area contributed by atoms with Gasteiger partial charge in [-0.25, -0.2) is 0 Å². The molecule has 4 heteroatoms. The zero-order valence-electron chi connectivity index (χ0n) is 12.1. The lowest BCUT2D eigenvalue weighted by molar-refractivity contribution is 0.218. The Morgan fingerprint density at radius 2 is 2.25 bits per heavy atom. The van der Waals surface area contributed by atoms with Crippen molar-refractivity contribution in [1.82, 2.24) is 5.32 Å². The summed E-state index contributed by atoms with van der Waals surface area (Å²) >= 11 is 1.97. The Hall–Kier alpha value is -0.870. The van der Waals surface area contributed by atoms with Crippen LogP contribution in [0, 0.1) is 0 Å². The van der Waals surface area contributed by atoms with Gasteiger partial charge >= 0.3 is 0 Å². The zero-order chi connectivity index (χ0) is 13.8. The molecule has 0 radical (unpaired) electrons. The standard InChI is InChI=1S/C16H23NO2S/c1-18-15-5-4-12(9-13-3-2-7-17-13)10-16(15)19-14-6-8-20-11-14/h4-5,10,13-14,17H,2-3,6-9,11H2,1H3. The van der Waals surface area contributed by atoms with Gasteiger partial charge in [-0.1, -0.05) is 6.07 Å². The number of thioether (sulfide) groups is 1. The van der Waals surface area contributed by atoms with Gasteiger partial charge in [-0.05, 0) is 55.7 Å². The third-order valence-corrected chi connectivity index (χ3v) is 5.19. The maximum atomic E-state index is 6.14. The van der Waals surface area contributed by atoms with Crippen molar-refractivity contribution in [3.8, 4) is 11.5 Å². The summed E-state index contributed by atoms with van der Waals surface area (Å²) in [6.07, 6.45) is 5.14. The molecule has 1 N–H and O–H groups in total. The van der Waals surface area contributed by atoms with Crippen LogP contribution in [0.1, 0.15) is 24.8 Å². The van der Waals surface area contributed by atoms with Gasteiger partial charge < -0.3 is 14.8 Å². The fourth-order valence-electron chi connectivity index (χ4n) is 2.94. The van der Waals surface area contributed by atoms with Crippen molar-refractivity contribution < 1.29 is 9.47 Å². The van der Waals surface area contributed by atoms with Crippen molar-refractivity contribution in [2.75, 3.05) is 25.2 Å². The maximum absolute atomic E-state index is 6.14. The largest absolute Gasteiger partial charge is 0.493 e. The fraction of sp³-hybridized carbons (Fsp3) is 0.625. The second-order valence-corrected chi connectivity index (χ2v) is 6.74. The van der Waals surface area contributed by atoms with Gasteiger partial charge in [-0.3, -0.25) is 0 Å². The molecule has 0 aromatic heterocycles. The molecule has 2 heterocycles. The van der Waals surface area contributed by atoms with Crippen LogP contribution < -0.4 is 14.8 Å². The molecule has 3 rings (SSSR count). The normalized spacial score (nSPS) is 25.9. The van der Waals surface area contributed by atoms with Crippen LogP contribution in [0.25, 0.3) is 0 Å². The SMILES string of the molecule is COc1ccc(CC2CCCN2)cc1OC1CCSC1. The minimum Gasteiger partial charge on any atom is -0.493 e. The first-order valence-corrected chi connectivity index (χ1v) is 8.65. The van der Waals surface area contributed by atoms with E-state index in [0.717, 1.165) is 36.6 Å². The molecule has 2 aliphatic rings. The number of nitrogens with one attached hydrogen (secondary N) is 1. The molecule has 0 spiro atoms. The van der Waals surface area contributed by atoms with Crippen molar-refractivity contribution in [2.24, 2.45) is 0 Å². The summed E-state index contributed by atoms with van der Waals surface area (Å²) in [4.78, 5) is 0. The van der Waals surface area contributed by atoms with E-state index >= 15 is 0 Å². The molecule has 0 saturated carbocycles. The third kappa shape index (κ3) is 3.41. The van der Waals surface area contributed by atoms with Gasteiger partial charge in [0.25, 0.3) is 0 Å². The van der Waals surface area contributed by atoms with Crippen LogP contribution in [0.4, 0.5) is 0 Å². The van der Waals surface area contributed by atoms with Crippen LogP contribution in [0.5, 0.6) is 11.5 Å². The molecule has 2 saturated heterocycles. The quantitative estimate of drug-likeness (QED) is 0.904. The highest BCUT2D eigenvalue weighted by Crippen LogP contribution is 2.32. The van der Waals surface area contributed by atoms with E-state index in [0.29, 0.717) is 12.1 Å². The van der Waals surface area contributed by atoms with Crippen LogP contribution in [0.2, 0.25) is 0 Å². The summed E-state index contributed by atoms with van der Waals surface area (Å²) in [7, 11) is 1.71. The van der Waals surface area contributed by atoms with Crippen LogP contribution in [-0.2, 0) is 6.42 Å². The minimum absolute atomic E-state index is 0.341. The lowest BCUT2D eigenvalue weighted by Gasteiger charge is -2.17. The van der Waals surface area contributed by atoms with E-state index < -0.39 is 0 Å². The van der Waals surface area contributed by atoms with Gasteiger partial charge in [-0.15, -0.1) is 0 Å². The van der Waals surface area contributed by atoms with Crippen LogP contribution in [0.15, 0.2) is 18.2 Å². The number of ether oxygens (including phenoxy) is 2. The van der Waals surface area contributed by atoms with E-state index in [4.69, 9.17) is 9.47 Å². The summed E-state index contributed by atoms with van der Waals surface area (Å²) in [5, 5.41) is 3.55. The van der Waals surface area contributed by atoms with Crippen LogP contribution >= 0.6 is 11.8 Å². The molecule has 3 nitrogen and oxygen atoms in total. The fourth-order valence-corrected chi connectivity index (χ4v) is 4.03. The summed E-state index contributed by atoms with van der Waals surface area (Å²) in [5.41, 5.74) is 1.34. The Kier molecular flexibility index (Phi) is 4.73. The highest BCUT2D eigenvalue weighted by Gasteiger charge is 2.20. The first-order chi connectivity index (χ1) is 9.85. The Morgan fingerprint density at radius 3 is 2.95 bits per heavy atom. The molecular formula is C16H23NO2S. The molecule has 2 unspecified atom stereocenters. The Morgan fingerprint density at radius 1 is 1.30 bits per heavy atom. The van der Waals surface area contributed by atoms with E-state index in [-0.39, 0.29) is 0 Å². The molecule has 0 amide bonds. The van der Waals surface area contributed by atoms with Gasteiger partial charge in [0, 0.05) is 11.8 Å². The molecule has 110 valence electrons. The average molecular weight is 293 g/mol. The highest BCUT2D eigenvalue weighted by molar-refractivity contribution is 7.99. The van der Waals surface area contributed by atoms with Crippen LogP contribution in [-0.4, -0.2) is 37.3 Å². The van der Waals surface area contributed by atoms with Gasteiger partial charge in [-0.2, -0.15) is 11.8 Å². The second-order valence-electron chi connectivity index (χ2n) is 5.59. The predicted molar refractivity (Wildman–Crippen MR) is 84.1 cm³/mol. The maximum Gasteiger partial charge on any atom is 0.161 e. The second kappa shape index (κ2) is 6.72. The van der Waals surface area contributed by atoms with Crippen LogP contribution in [0.3, 0.4) is 0 Å². The molecule has 2 aliphatic heterocycles. The van der Waals surface area contributed by atoms with Crippen molar-refractivity contribution in [3.05, 3.63) is 23.8 Å². The summed E-state index contributed by atoms with van der Waals surface area (Å²) in [5.74, 6) is 4.07. The first kappa shape index (κ1) is 14.1. The number of rotatable bonds is 5. The lowest BCUT2D eigenvalue weighted by Crippen LogP contribution is -2.23. The average Bonchev–Trinajstić information content (AvgIpc) is 3.13. The van der Waals surface area contributed by atoms with Gasteiger partial charge in [0.1, 0.15) is 6.10 Å². The molecule has 1 aromatic rings. The lowest BCUT2D eigenvalue weighted by atomic mass is 10.0. The predicted octanol–water partition coefficient (Wildman–Crippen LogP) is 2.87. The van der Waals surface area contributed by atoms with Crippen molar-refractivity contribution in [3.63, 3.8) is 0 Å².